The minimum absolute atomic E-state index is 0.0205. The second kappa shape index (κ2) is 11.5. The predicted molar refractivity (Wildman–Crippen MR) is 82.1 cm³/mol. The van der Waals surface area contributed by atoms with Crippen molar-refractivity contribution in [1.82, 2.24) is 10.6 Å². The van der Waals surface area contributed by atoms with Crippen molar-refractivity contribution in [2.75, 3.05) is 13.1 Å². The van der Waals surface area contributed by atoms with E-state index in [-0.39, 0.29) is 5.91 Å². The Morgan fingerprint density at radius 3 is 2.16 bits per heavy atom. The van der Waals surface area contributed by atoms with Crippen LogP contribution in [0.5, 0.6) is 0 Å². The highest BCUT2D eigenvalue weighted by Gasteiger charge is 1.92. The molecular weight excluding hydrogens is 236 g/mol. The highest BCUT2D eigenvalue weighted by molar-refractivity contribution is 5.72. The van der Waals surface area contributed by atoms with Crippen LogP contribution in [0.15, 0.2) is 36.4 Å². The average Bonchev–Trinajstić information content (AvgIpc) is 2.40. The van der Waals surface area contributed by atoms with Crippen LogP contribution in [-0.4, -0.2) is 19.0 Å². The van der Waals surface area contributed by atoms with Crippen molar-refractivity contribution < 1.29 is 4.79 Å². The first-order valence-corrected chi connectivity index (χ1v) is 6.68. The number of allylic oxidation sites excluding steroid dienone is 2. The fourth-order valence-electron chi connectivity index (χ4n) is 1.27. The van der Waals surface area contributed by atoms with Gasteiger partial charge in [0, 0.05) is 26.6 Å². The summed E-state index contributed by atoms with van der Waals surface area (Å²) in [6.07, 6.45) is 4.00. The third-order valence-electron chi connectivity index (χ3n) is 2.46. The van der Waals surface area contributed by atoms with Crippen molar-refractivity contribution >= 4 is 5.91 Å². The maximum Gasteiger partial charge on any atom is 0.216 e. The van der Waals surface area contributed by atoms with Crippen LogP contribution in [-0.2, 0) is 11.3 Å². The van der Waals surface area contributed by atoms with Crippen molar-refractivity contribution in [1.29, 1.82) is 0 Å². The predicted octanol–water partition coefficient (Wildman–Crippen LogP) is 2.80. The van der Waals surface area contributed by atoms with Gasteiger partial charge in [0.2, 0.25) is 5.91 Å². The lowest BCUT2D eigenvalue weighted by molar-refractivity contribution is -0.118. The molecule has 0 bridgehead atoms. The van der Waals surface area contributed by atoms with Gasteiger partial charge in [0.15, 0.2) is 0 Å². The Labute approximate surface area is 117 Å². The molecule has 0 heterocycles. The fourth-order valence-corrected chi connectivity index (χ4v) is 1.27. The molecule has 2 N–H and O–H groups in total. The lowest BCUT2D eigenvalue weighted by Crippen LogP contribution is -2.29. The van der Waals surface area contributed by atoms with Crippen molar-refractivity contribution in [3.05, 3.63) is 47.5 Å². The van der Waals surface area contributed by atoms with Gasteiger partial charge in [-0.1, -0.05) is 42.0 Å². The SMILES string of the molecule is C/C=C/C.CC(=O)NCCNCc1ccc(C)cc1. The first kappa shape index (κ1) is 17.4. The molecule has 106 valence electrons. The van der Waals surface area contributed by atoms with Crippen molar-refractivity contribution in [2.45, 2.75) is 34.2 Å². The van der Waals surface area contributed by atoms with Gasteiger partial charge in [-0.05, 0) is 26.3 Å². The molecule has 0 unspecified atom stereocenters. The molecule has 0 spiro atoms. The quantitative estimate of drug-likeness (QED) is 0.633. The van der Waals surface area contributed by atoms with E-state index in [1.807, 2.05) is 26.0 Å². The van der Waals surface area contributed by atoms with E-state index < -0.39 is 0 Å². The molecule has 0 saturated carbocycles. The normalized spacial score (nSPS) is 9.89. The fraction of sp³-hybridized carbons (Fsp3) is 0.438. The van der Waals surface area contributed by atoms with Gasteiger partial charge in [0.05, 0.1) is 0 Å². The Hall–Kier alpha value is -1.61. The third kappa shape index (κ3) is 11.2. The second-order valence-electron chi connectivity index (χ2n) is 4.31. The van der Waals surface area contributed by atoms with Gasteiger partial charge in [0.1, 0.15) is 0 Å². The molecule has 19 heavy (non-hydrogen) atoms. The van der Waals surface area contributed by atoms with Gasteiger partial charge in [-0.2, -0.15) is 0 Å². The molecule has 0 atom stereocenters. The van der Waals surface area contributed by atoms with Gasteiger partial charge in [-0.3, -0.25) is 4.79 Å². The van der Waals surface area contributed by atoms with Gasteiger partial charge >= 0.3 is 0 Å². The molecular formula is C16H26N2O. The summed E-state index contributed by atoms with van der Waals surface area (Å²) in [5, 5.41) is 6.00. The van der Waals surface area contributed by atoms with Crippen LogP contribution in [0.2, 0.25) is 0 Å². The summed E-state index contributed by atoms with van der Waals surface area (Å²) in [6, 6.07) is 8.43. The first-order chi connectivity index (χ1) is 9.10. The highest BCUT2D eigenvalue weighted by Crippen LogP contribution is 2.01. The summed E-state index contributed by atoms with van der Waals surface area (Å²) in [6.45, 7) is 9.93. The Bertz CT molecular complexity index is 365. The lowest BCUT2D eigenvalue weighted by atomic mass is 10.1. The smallest absolute Gasteiger partial charge is 0.216 e. The topological polar surface area (TPSA) is 41.1 Å². The van der Waals surface area contributed by atoms with E-state index in [0.717, 1.165) is 13.1 Å². The third-order valence-corrected chi connectivity index (χ3v) is 2.46. The van der Waals surface area contributed by atoms with E-state index in [2.05, 4.69) is 41.8 Å². The zero-order valence-corrected chi connectivity index (χ0v) is 12.5. The summed E-state index contributed by atoms with van der Waals surface area (Å²) in [5.74, 6) is 0.0205. The molecule has 0 aromatic heterocycles. The summed E-state index contributed by atoms with van der Waals surface area (Å²) in [7, 11) is 0. The van der Waals surface area contributed by atoms with E-state index in [0.29, 0.717) is 6.54 Å². The number of amides is 1. The maximum absolute atomic E-state index is 10.6. The molecule has 0 fully saturated rings. The summed E-state index contributed by atoms with van der Waals surface area (Å²) < 4.78 is 0. The van der Waals surface area contributed by atoms with Gasteiger partial charge in [-0.15, -0.1) is 0 Å². The minimum atomic E-state index is 0.0205. The molecule has 1 rings (SSSR count). The molecule has 3 heteroatoms. The zero-order valence-electron chi connectivity index (χ0n) is 12.5. The zero-order chi connectivity index (χ0) is 14.5. The van der Waals surface area contributed by atoms with Crippen LogP contribution >= 0.6 is 0 Å². The molecule has 0 radical (unpaired) electrons. The van der Waals surface area contributed by atoms with Crippen LogP contribution < -0.4 is 10.6 Å². The van der Waals surface area contributed by atoms with E-state index in [9.17, 15) is 4.79 Å². The summed E-state index contributed by atoms with van der Waals surface area (Å²) in [4.78, 5) is 10.6. The second-order valence-corrected chi connectivity index (χ2v) is 4.31. The van der Waals surface area contributed by atoms with Gasteiger partial charge < -0.3 is 10.6 Å². The molecule has 0 aliphatic carbocycles. The highest BCUT2D eigenvalue weighted by atomic mass is 16.1. The minimum Gasteiger partial charge on any atom is -0.355 e. The molecule has 3 nitrogen and oxygen atoms in total. The number of carbonyl (C=O) groups excluding carboxylic acids is 1. The van der Waals surface area contributed by atoms with E-state index in [1.54, 1.807) is 0 Å². The number of carbonyl (C=O) groups is 1. The molecule has 0 aliphatic heterocycles. The number of nitrogens with one attached hydrogen (secondary N) is 2. The van der Waals surface area contributed by atoms with Crippen LogP contribution in [0.3, 0.4) is 0 Å². The lowest BCUT2D eigenvalue weighted by Gasteiger charge is -2.05. The first-order valence-electron chi connectivity index (χ1n) is 6.68. The Morgan fingerprint density at radius 2 is 1.68 bits per heavy atom. The number of aryl methyl sites for hydroxylation is 1. The summed E-state index contributed by atoms with van der Waals surface area (Å²) >= 11 is 0. The maximum atomic E-state index is 10.6. The number of rotatable bonds is 5. The van der Waals surface area contributed by atoms with E-state index in [1.165, 1.54) is 18.1 Å². The van der Waals surface area contributed by atoms with Crippen LogP contribution in [0, 0.1) is 6.92 Å². The van der Waals surface area contributed by atoms with E-state index in [4.69, 9.17) is 0 Å². The van der Waals surface area contributed by atoms with Crippen LogP contribution in [0.4, 0.5) is 0 Å². The molecule has 0 aliphatic rings. The van der Waals surface area contributed by atoms with Crippen LogP contribution in [0.1, 0.15) is 31.9 Å². The number of benzene rings is 1. The molecule has 1 aromatic rings. The Kier molecular flexibility index (Phi) is 10.5. The monoisotopic (exact) mass is 262 g/mol. The van der Waals surface area contributed by atoms with Gasteiger partial charge in [-0.25, -0.2) is 0 Å². The number of hydrogen-bond donors (Lipinski definition) is 2. The van der Waals surface area contributed by atoms with Crippen LogP contribution in [0.25, 0.3) is 0 Å². The largest absolute Gasteiger partial charge is 0.355 e. The van der Waals surface area contributed by atoms with Crippen molar-refractivity contribution in [3.63, 3.8) is 0 Å². The summed E-state index contributed by atoms with van der Waals surface area (Å²) in [5.41, 5.74) is 2.54. The molecule has 0 saturated heterocycles. The Morgan fingerprint density at radius 1 is 1.11 bits per heavy atom. The van der Waals surface area contributed by atoms with Gasteiger partial charge in [0.25, 0.3) is 0 Å². The molecule has 1 amide bonds. The number of hydrogen-bond acceptors (Lipinski definition) is 2. The van der Waals surface area contributed by atoms with Crippen molar-refractivity contribution in [2.24, 2.45) is 0 Å². The molecule has 1 aromatic carbocycles. The van der Waals surface area contributed by atoms with Crippen molar-refractivity contribution in [3.8, 4) is 0 Å². The average molecular weight is 262 g/mol. The van der Waals surface area contributed by atoms with E-state index >= 15 is 0 Å². The Balaban J connectivity index is 0.000000711. The standard InChI is InChI=1S/C12H18N2O.C4H8/c1-10-3-5-12(6-4-10)9-13-7-8-14-11(2)15;1-3-4-2/h3-6,13H,7-9H2,1-2H3,(H,14,15);3-4H,1-2H3/b;4-3+.